The molecule has 0 aromatic carbocycles. The summed E-state index contributed by atoms with van der Waals surface area (Å²) in [5.41, 5.74) is -0.157. The first-order chi connectivity index (χ1) is 9.31. The lowest BCUT2D eigenvalue weighted by Gasteiger charge is -2.21. The van der Waals surface area contributed by atoms with E-state index < -0.39 is 11.6 Å². The lowest BCUT2D eigenvalue weighted by atomic mass is 10.1. The molecule has 1 N–H and O–H groups in total. The van der Waals surface area contributed by atoms with Crippen LogP contribution in [0.3, 0.4) is 0 Å². The summed E-state index contributed by atoms with van der Waals surface area (Å²) in [5, 5.41) is 11.5. The number of rotatable bonds is 3. The molecule has 0 radical (unpaired) electrons. The van der Waals surface area contributed by atoms with Crippen molar-refractivity contribution < 1.29 is 19.4 Å². The van der Waals surface area contributed by atoms with Gasteiger partial charge in [0.25, 0.3) is 0 Å². The third-order valence-corrected chi connectivity index (χ3v) is 3.91. The van der Waals surface area contributed by atoms with Gasteiger partial charge in [-0.3, -0.25) is 4.79 Å². The maximum atomic E-state index is 12.2. The number of ether oxygens (including phenoxy) is 1. The van der Waals surface area contributed by atoms with Crippen molar-refractivity contribution in [3.05, 3.63) is 17.0 Å². The third-order valence-electron chi connectivity index (χ3n) is 2.97. The quantitative estimate of drug-likeness (QED) is 0.867. The topological polar surface area (TPSA) is 66.8 Å². The van der Waals surface area contributed by atoms with Crippen LogP contribution in [-0.4, -0.2) is 35.7 Å². The van der Waals surface area contributed by atoms with Gasteiger partial charge in [0.2, 0.25) is 5.91 Å². The molecule has 1 aromatic heterocycles. The van der Waals surface area contributed by atoms with Gasteiger partial charge in [0.1, 0.15) is 10.6 Å². The Morgan fingerprint density at radius 1 is 1.55 bits per heavy atom. The SMILES string of the molecule is CC(C)(C)OC(=O)c1ccsc1N1CC(CO)CC1=O. The molecule has 1 aliphatic rings. The fourth-order valence-electron chi connectivity index (χ4n) is 2.10. The van der Waals surface area contributed by atoms with Gasteiger partial charge in [0.05, 0.1) is 5.56 Å². The number of anilines is 1. The fraction of sp³-hybridized carbons (Fsp3) is 0.571. The minimum absolute atomic E-state index is 0.0185. The summed E-state index contributed by atoms with van der Waals surface area (Å²) in [5.74, 6) is -0.540. The van der Waals surface area contributed by atoms with Gasteiger partial charge in [-0.25, -0.2) is 4.79 Å². The monoisotopic (exact) mass is 297 g/mol. The first-order valence-corrected chi connectivity index (χ1v) is 7.42. The molecular weight excluding hydrogens is 278 g/mol. The average Bonchev–Trinajstić information content (AvgIpc) is 2.92. The summed E-state index contributed by atoms with van der Waals surface area (Å²) >= 11 is 1.34. The van der Waals surface area contributed by atoms with Crippen LogP contribution in [0.4, 0.5) is 5.00 Å². The number of carbonyl (C=O) groups is 2. The second-order valence-electron chi connectivity index (χ2n) is 5.90. The van der Waals surface area contributed by atoms with Crippen molar-refractivity contribution in [2.45, 2.75) is 32.8 Å². The standard InChI is InChI=1S/C14H19NO4S/c1-14(2,3)19-13(18)10-4-5-20-12(10)15-7-9(8-16)6-11(15)17/h4-5,9,16H,6-8H2,1-3H3. The van der Waals surface area contributed by atoms with E-state index >= 15 is 0 Å². The van der Waals surface area contributed by atoms with E-state index in [0.29, 0.717) is 23.5 Å². The molecule has 0 spiro atoms. The Morgan fingerprint density at radius 3 is 2.80 bits per heavy atom. The molecule has 0 bridgehead atoms. The number of aliphatic hydroxyl groups is 1. The minimum atomic E-state index is -0.570. The molecule has 2 heterocycles. The van der Waals surface area contributed by atoms with Gasteiger partial charge >= 0.3 is 5.97 Å². The third kappa shape index (κ3) is 3.19. The molecular formula is C14H19NO4S. The van der Waals surface area contributed by atoms with Crippen molar-refractivity contribution in [3.63, 3.8) is 0 Å². The number of thiophene rings is 1. The van der Waals surface area contributed by atoms with Gasteiger partial charge < -0.3 is 14.7 Å². The van der Waals surface area contributed by atoms with E-state index in [-0.39, 0.29) is 18.4 Å². The summed E-state index contributed by atoms with van der Waals surface area (Å²) < 4.78 is 5.35. The Bertz CT molecular complexity index is 517. The van der Waals surface area contributed by atoms with Gasteiger partial charge in [-0.1, -0.05) is 0 Å². The van der Waals surface area contributed by atoms with Crippen LogP contribution in [0, 0.1) is 5.92 Å². The van der Waals surface area contributed by atoms with Gasteiger partial charge in [0.15, 0.2) is 0 Å². The van der Waals surface area contributed by atoms with Gasteiger partial charge in [0, 0.05) is 25.5 Å². The Hall–Kier alpha value is -1.40. The van der Waals surface area contributed by atoms with Crippen molar-refractivity contribution in [2.75, 3.05) is 18.1 Å². The molecule has 1 aromatic rings. The van der Waals surface area contributed by atoms with E-state index in [2.05, 4.69) is 0 Å². The van der Waals surface area contributed by atoms with Gasteiger partial charge in [-0.15, -0.1) is 11.3 Å². The average molecular weight is 297 g/mol. The number of hydrogen-bond acceptors (Lipinski definition) is 5. The second-order valence-corrected chi connectivity index (χ2v) is 6.79. The first-order valence-electron chi connectivity index (χ1n) is 6.54. The number of aliphatic hydroxyl groups excluding tert-OH is 1. The highest BCUT2D eigenvalue weighted by Gasteiger charge is 2.34. The van der Waals surface area contributed by atoms with Crippen LogP contribution in [0.2, 0.25) is 0 Å². The largest absolute Gasteiger partial charge is 0.456 e. The molecule has 1 saturated heterocycles. The van der Waals surface area contributed by atoms with E-state index in [4.69, 9.17) is 9.84 Å². The summed E-state index contributed by atoms with van der Waals surface area (Å²) in [7, 11) is 0. The molecule has 6 heteroatoms. The Kier molecular flexibility index (Phi) is 4.15. The van der Waals surface area contributed by atoms with E-state index in [9.17, 15) is 9.59 Å². The Labute approximate surface area is 122 Å². The molecule has 1 atom stereocenters. The lowest BCUT2D eigenvalue weighted by molar-refractivity contribution is -0.117. The number of carbonyl (C=O) groups excluding carboxylic acids is 2. The predicted molar refractivity (Wildman–Crippen MR) is 77.0 cm³/mol. The van der Waals surface area contributed by atoms with E-state index in [1.807, 2.05) is 0 Å². The van der Waals surface area contributed by atoms with Gasteiger partial charge in [-0.05, 0) is 32.2 Å². The molecule has 2 rings (SSSR count). The van der Waals surface area contributed by atoms with Crippen molar-refractivity contribution >= 4 is 28.2 Å². The van der Waals surface area contributed by atoms with Crippen LogP contribution in [-0.2, 0) is 9.53 Å². The fourth-order valence-corrected chi connectivity index (χ4v) is 3.01. The van der Waals surface area contributed by atoms with Crippen LogP contribution in [0.1, 0.15) is 37.6 Å². The number of esters is 1. The van der Waals surface area contributed by atoms with Crippen LogP contribution in [0.25, 0.3) is 0 Å². The molecule has 110 valence electrons. The predicted octanol–water partition coefficient (Wildman–Crippen LogP) is 2.05. The Morgan fingerprint density at radius 2 is 2.25 bits per heavy atom. The lowest BCUT2D eigenvalue weighted by Crippen LogP contribution is -2.28. The van der Waals surface area contributed by atoms with Crippen molar-refractivity contribution in [2.24, 2.45) is 5.92 Å². The molecule has 5 nitrogen and oxygen atoms in total. The maximum Gasteiger partial charge on any atom is 0.341 e. The zero-order valence-corrected chi connectivity index (χ0v) is 12.7. The number of hydrogen-bond donors (Lipinski definition) is 1. The van der Waals surface area contributed by atoms with Crippen LogP contribution in [0.5, 0.6) is 0 Å². The number of amides is 1. The molecule has 1 aliphatic heterocycles. The summed E-state index contributed by atoms with van der Waals surface area (Å²) in [4.78, 5) is 25.7. The number of nitrogens with zero attached hydrogens (tertiary/aromatic N) is 1. The maximum absolute atomic E-state index is 12.2. The molecule has 1 unspecified atom stereocenters. The minimum Gasteiger partial charge on any atom is -0.456 e. The second kappa shape index (κ2) is 5.54. The normalized spacial score (nSPS) is 19.5. The molecule has 0 aliphatic carbocycles. The van der Waals surface area contributed by atoms with E-state index in [1.54, 1.807) is 37.1 Å². The van der Waals surface area contributed by atoms with Crippen LogP contribution in [0.15, 0.2) is 11.4 Å². The molecule has 20 heavy (non-hydrogen) atoms. The van der Waals surface area contributed by atoms with Crippen LogP contribution < -0.4 is 4.90 Å². The highest BCUT2D eigenvalue weighted by Crippen LogP contribution is 2.33. The first kappa shape index (κ1) is 15.0. The summed E-state index contributed by atoms with van der Waals surface area (Å²) in [6.45, 7) is 5.85. The van der Waals surface area contributed by atoms with Crippen molar-refractivity contribution in [1.29, 1.82) is 0 Å². The van der Waals surface area contributed by atoms with Crippen molar-refractivity contribution in [1.82, 2.24) is 0 Å². The smallest absolute Gasteiger partial charge is 0.341 e. The highest BCUT2D eigenvalue weighted by atomic mass is 32.1. The summed E-state index contributed by atoms with van der Waals surface area (Å²) in [6.07, 6.45) is 0.322. The zero-order chi connectivity index (χ0) is 14.9. The van der Waals surface area contributed by atoms with Crippen LogP contribution >= 0.6 is 11.3 Å². The zero-order valence-electron chi connectivity index (χ0n) is 11.9. The van der Waals surface area contributed by atoms with Gasteiger partial charge in [-0.2, -0.15) is 0 Å². The van der Waals surface area contributed by atoms with E-state index in [0.717, 1.165) is 0 Å². The van der Waals surface area contributed by atoms with Crippen molar-refractivity contribution in [3.8, 4) is 0 Å². The molecule has 1 fully saturated rings. The highest BCUT2D eigenvalue weighted by molar-refractivity contribution is 7.14. The molecule has 1 amide bonds. The van der Waals surface area contributed by atoms with E-state index in [1.165, 1.54) is 11.3 Å². The Balaban J connectivity index is 2.21. The summed E-state index contributed by atoms with van der Waals surface area (Å²) in [6, 6.07) is 1.67. The molecule has 0 saturated carbocycles.